The summed E-state index contributed by atoms with van der Waals surface area (Å²) in [6.07, 6.45) is 0. The Kier molecular flexibility index (Phi) is 4.54. The Bertz CT molecular complexity index is 944. The third-order valence-electron chi connectivity index (χ3n) is 3.78. The molecule has 0 amide bonds. The number of carbonyl (C=O) groups is 1. The van der Waals surface area contributed by atoms with Crippen molar-refractivity contribution in [3.05, 3.63) is 78.3 Å². The molecule has 0 spiro atoms. The normalized spacial score (nSPS) is 11.7. The van der Waals surface area contributed by atoms with E-state index in [-0.39, 0.29) is 5.88 Å². The fourth-order valence-electron chi connectivity index (χ4n) is 2.56. The number of aliphatic carboxylic acids is 1. The standard InChI is InChI=1S/C19H17N3O3/c20-17(19(23)24)18(22-21)25-14-10-8-13(9-11-14)16-7-3-5-12-4-1-2-6-15(12)16/h1-11,22H,20-21H2,(H,23,24)/b18-17+. The van der Waals surface area contributed by atoms with Gasteiger partial charge in [0.15, 0.2) is 5.70 Å². The van der Waals surface area contributed by atoms with Gasteiger partial charge in [-0.1, -0.05) is 54.6 Å². The quantitative estimate of drug-likeness (QED) is 0.247. The molecule has 0 aliphatic heterocycles. The van der Waals surface area contributed by atoms with Crippen molar-refractivity contribution < 1.29 is 14.6 Å². The molecule has 0 unspecified atom stereocenters. The summed E-state index contributed by atoms with van der Waals surface area (Å²) in [5.74, 6) is 4.15. The number of nitrogens with one attached hydrogen (secondary N) is 1. The molecule has 0 heterocycles. The van der Waals surface area contributed by atoms with Crippen LogP contribution in [-0.2, 0) is 4.79 Å². The fraction of sp³-hybridized carbons (Fsp3) is 0. The minimum atomic E-state index is -1.32. The van der Waals surface area contributed by atoms with Gasteiger partial charge in [-0.25, -0.2) is 10.6 Å². The molecule has 6 N–H and O–H groups in total. The van der Waals surface area contributed by atoms with Crippen molar-refractivity contribution in [1.82, 2.24) is 5.43 Å². The number of ether oxygens (including phenoxy) is 1. The topological polar surface area (TPSA) is 111 Å². The lowest BCUT2D eigenvalue weighted by molar-refractivity contribution is -0.132. The van der Waals surface area contributed by atoms with E-state index in [1.165, 1.54) is 0 Å². The lowest BCUT2D eigenvalue weighted by atomic mass is 9.98. The molecule has 0 aliphatic carbocycles. The van der Waals surface area contributed by atoms with Gasteiger partial charge in [0.05, 0.1) is 0 Å². The van der Waals surface area contributed by atoms with Gasteiger partial charge in [-0.05, 0) is 34.0 Å². The van der Waals surface area contributed by atoms with Gasteiger partial charge in [0.2, 0.25) is 5.88 Å². The molecule has 126 valence electrons. The van der Waals surface area contributed by atoms with Crippen molar-refractivity contribution in [3.63, 3.8) is 0 Å². The Morgan fingerprint density at radius 2 is 1.64 bits per heavy atom. The first-order chi connectivity index (χ1) is 12.1. The summed E-state index contributed by atoms with van der Waals surface area (Å²) in [7, 11) is 0. The van der Waals surface area contributed by atoms with Crippen LogP contribution in [-0.4, -0.2) is 11.1 Å². The minimum absolute atomic E-state index is 0.217. The molecule has 25 heavy (non-hydrogen) atoms. The van der Waals surface area contributed by atoms with E-state index in [0.717, 1.165) is 21.9 Å². The number of carboxylic acid groups (broad SMARTS) is 1. The predicted octanol–water partition coefficient (Wildman–Crippen LogP) is 2.56. The number of carboxylic acids is 1. The van der Waals surface area contributed by atoms with E-state index in [9.17, 15) is 4.79 Å². The number of hydrazine groups is 1. The Labute approximate surface area is 144 Å². The molecule has 0 fully saturated rings. The van der Waals surface area contributed by atoms with Gasteiger partial charge in [0.25, 0.3) is 0 Å². The summed E-state index contributed by atoms with van der Waals surface area (Å²) in [6, 6.07) is 21.5. The smallest absolute Gasteiger partial charge is 0.357 e. The molecule has 0 aliphatic rings. The summed E-state index contributed by atoms with van der Waals surface area (Å²) < 4.78 is 5.40. The zero-order valence-electron chi connectivity index (χ0n) is 13.3. The SMILES string of the molecule is NN/C(Oc1ccc(-c2cccc3ccccc23)cc1)=C(\N)C(=O)O. The number of rotatable bonds is 5. The molecule has 0 bridgehead atoms. The van der Waals surface area contributed by atoms with E-state index in [2.05, 4.69) is 23.6 Å². The number of hydrogen-bond acceptors (Lipinski definition) is 5. The predicted molar refractivity (Wildman–Crippen MR) is 96.2 cm³/mol. The van der Waals surface area contributed by atoms with Crippen molar-refractivity contribution in [2.45, 2.75) is 0 Å². The second kappa shape index (κ2) is 6.94. The number of nitrogens with two attached hydrogens (primary N) is 2. The van der Waals surface area contributed by atoms with Gasteiger partial charge in [-0.15, -0.1) is 0 Å². The maximum absolute atomic E-state index is 10.9. The summed E-state index contributed by atoms with van der Waals surface area (Å²) >= 11 is 0. The molecule has 0 aromatic heterocycles. The molecule has 6 heteroatoms. The monoisotopic (exact) mass is 335 g/mol. The Hall–Kier alpha value is -3.51. The van der Waals surface area contributed by atoms with E-state index in [4.69, 9.17) is 21.4 Å². The minimum Gasteiger partial charge on any atom is -0.476 e. The van der Waals surface area contributed by atoms with E-state index < -0.39 is 11.7 Å². The molecule has 6 nitrogen and oxygen atoms in total. The lowest BCUT2D eigenvalue weighted by Crippen LogP contribution is -2.31. The molecule has 0 radical (unpaired) electrons. The molecule has 3 rings (SSSR count). The first-order valence-corrected chi connectivity index (χ1v) is 7.56. The largest absolute Gasteiger partial charge is 0.476 e. The van der Waals surface area contributed by atoms with Crippen LogP contribution in [0.2, 0.25) is 0 Å². The van der Waals surface area contributed by atoms with E-state index in [0.29, 0.717) is 5.75 Å². The summed E-state index contributed by atoms with van der Waals surface area (Å²) in [4.78, 5) is 10.9. The van der Waals surface area contributed by atoms with Crippen LogP contribution in [0.4, 0.5) is 0 Å². The van der Waals surface area contributed by atoms with Crippen LogP contribution < -0.4 is 21.7 Å². The van der Waals surface area contributed by atoms with Crippen LogP contribution in [0.25, 0.3) is 21.9 Å². The highest BCUT2D eigenvalue weighted by molar-refractivity contribution is 5.96. The zero-order chi connectivity index (χ0) is 17.8. The van der Waals surface area contributed by atoms with Gasteiger partial charge >= 0.3 is 5.97 Å². The van der Waals surface area contributed by atoms with Crippen molar-refractivity contribution in [1.29, 1.82) is 0 Å². The highest BCUT2D eigenvalue weighted by atomic mass is 16.5. The van der Waals surface area contributed by atoms with Gasteiger partial charge in [-0.2, -0.15) is 0 Å². The second-order valence-electron chi connectivity index (χ2n) is 5.35. The molecule has 3 aromatic rings. The zero-order valence-corrected chi connectivity index (χ0v) is 13.3. The highest BCUT2D eigenvalue weighted by Gasteiger charge is 2.12. The second-order valence-corrected chi connectivity index (χ2v) is 5.35. The first kappa shape index (κ1) is 16.4. The van der Waals surface area contributed by atoms with Gasteiger partial charge in [-0.3, -0.25) is 5.43 Å². The first-order valence-electron chi connectivity index (χ1n) is 7.56. The highest BCUT2D eigenvalue weighted by Crippen LogP contribution is 2.29. The summed E-state index contributed by atoms with van der Waals surface area (Å²) in [6.45, 7) is 0. The number of benzene rings is 3. The Morgan fingerprint density at radius 3 is 2.32 bits per heavy atom. The number of hydrogen-bond donors (Lipinski definition) is 4. The summed E-state index contributed by atoms with van der Waals surface area (Å²) in [5, 5.41) is 11.2. The van der Waals surface area contributed by atoms with Crippen LogP contribution in [0.3, 0.4) is 0 Å². The molecule has 0 atom stereocenters. The average molecular weight is 335 g/mol. The van der Waals surface area contributed by atoms with Crippen molar-refractivity contribution in [3.8, 4) is 16.9 Å². The molecule has 0 saturated carbocycles. The molecule has 3 aromatic carbocycles. The number of fused-ring (bicyclic) bond motifs is 1. The van der Waals surface area contributed by atoms with E-state index >= 15 is 0 Å². The van der Waals surface area contributed by atoms with Gasteiger partial charge in [0, 0.05) is 0 Å². The fourth-order valence-corrected chi connectivity index (χ4v) is 2.56. The third kappa shape index (κ3) is 3.39. The van der Waals surface area contributed by atoms with Crippen LogP contribution in [0.1, 0.15) is 0 Å². The van der Waals surface area contributed by atoms with Crippen LogP contribution in [0.5, 0.6) is 5.75 Å². The molecular formula is C19H17N3O3. The van der Waals surface area contributed by atoms with Gasteiger partial charge in [0.1, 0.15) is 5.75 Å². The summed E-state index contributed by atoms with van der Waals surface area (Å²) in [5.41, 5.74) is 9.18. The Balaban J connectivity index is 1.92. The van der Waals surface area contributed by atoms with Crippen molar-refractivity contribution >= 4 is 16.7 Å². The van der Waals surface area contributed by atoms with Crippen molar-refractivity contribution in [2.24, 2.45) is 11.6 Å². The van der Waals surface area contributed by atoms with E-state index in [1.54, 1.807) is 12.1 Å². The molecule has 0 saturated heterocycles. The lowest BCUT2D eigenvalue weighted by Gasteiger charge is -2.12. The molecular weight excluding hydrogens is 318 g/mol. The van der Waals surface area contributed by atoms with E-state index in [1.807, 2.05) is 36.4 Å². The Morgan fingerprint density at radius 1 is 0.960 bits per heavy atom. The van der Waals surface area contributed by atoms with Crippen molar-refractivity contribution in [2.75, 3.05) is 0 Å². The average Bonchev–Trinajstić information content (AvgIpc) is 2.65. The van der Waals surface area contributed by atoms with Crippen LogP contribution in [0.15, 0.2) is 78.3 Å². The maximum atomic E-state index is 10.9. The van der Waals surface area contributed by atoms with Gasteiger partial charge < -0.3 is 15.6 Å². The third-order valence-corrected chi connectivity index (χ3v) is 3.78. The van der Waals surface area contributed by atoms with Crippen LogP contribution >= 0.6 is 0 Å². The van der Waals surface area contributed by atoms with Crippen LogP contribution in [0, 0.1) is 0 Å². The maximum Gasteiger partial charge on any atom is 0.357 e.